The van der Waals surface area contributed by atoms with Crippen molar-refractivity contribution in [3.05, 3.63) is 20.8 Å². The van der Waals surface area contributed by atoms with Crippen LogP contribution in [-0.4, -0.2) is 29.7 Å². The molecule has 2 rings (SSSR count). The molecular formula is C16H26BrNOS. The van der Waals surface area contributed by atoms with Crippen molar-refractivity contribution in [3.63, 3.8) is 0 Å². The van der Waals surface area contributed by atoms with Gasteiger partial charge in [-0.3, -0.25) is 0 Å². The molecule has 0 radical (unpaired) electrons. The van der Waals surface area contributed by atoms with Gasteiger partial charge in [0.1, 0.15) is 0 Å². The molecule has 3 unspecified atom stereocenters. The highest BCUT2D eigenvalue weighted by Gasteiger charge is 2.29. The Labute approximate surface area is 135 Å². The molecule has 4 heteroatoms. The van der Waals surface area contributed by atoms with E-state index < -0.39 is 0 Å². The van der Waals surface area contributed by atoms with E-state index in [1.54, 1.807) is 11.3 Å². The quantitative estimate of drug-likeness (QED) is 0.806. The molecule has 1 aromatic rings. The van der Waals surface area contributed by atoms with Crippen LogP contribution in [0.25, 0.3) is 0 Å². The van der Waals surface area contributed by atoms with Gasteiger partial charge in [-0.2, -0.15) is 0 Å². The number of rotatable bonds is 6. The molecule has 2 nitrogen and oxygen atoms in total. The second-order valence-electron chi connectivity index (χ2n) is 6.22. The van der Waals surface area contributed by atoms with Crippen molar-refractivity contribution in [2.24, 2.45) is 11.8 Å². The minimum Gasteiger partial charge on any atom is -0.393 e. The predicted octanol–water partition coefficient (Wildman–Crippen LogP) is 4.52. The highest BCUT2D eigenvalue weighted by atomic mass is 79.9. The predicted molar refractivity (Wildman–Crippen MR) is 90.1 cm³/mol. The zero-order chi connectivity index (χ0) is 14.5. The molecule has 114 valence electrons. The Kier molecular flexibility index (Phi) is 6.53. The molecule has 0 aromatic carbocycles. The van der Waals surface area contributed by atoms with E-state index >= 15 is 0 Å². The second kappa shape index (κ2) is 7.92. The standard InChI is InChI=1S/C16H26BrNOS/c1-3-4-12-5-6-16(19)13(7-12)9-18(2)10-15-8-14(17)11-20-15/h8,11-13,16,19H,3-7,9-10H2,1-2H3. The number of nitrogens with zero attached hydrogens (tertiary/aromatic N) is 1. The summed E-state index contributed by atoms with van der Waals surface area (Å²) in [6, 6.07) is 2.19. The number of thiophene rings is 1. The molecule has 0 spiro atoms. The van der Waals surface area contributed by atoms with Crippen LogP contribution in [0.5, 0.6) is 0 Å². The van der Waals surface area contributed by atoms with Crippen LogP contribution >= 0.6 is 27.3 Å². The van der Waals surface area contributed by atoms with Crippen molar-refractivity contribution < 1.29 is 5.11 Å². The molecule has 1 saturated carbocycles. The van der Waals surface area contributed by atoms with Crippen LogP contribution in [0.2, 0.25) is 0 Å². The lowest BCUT2D eigenvalue weighted by Crippen LogP contribution is -2.37. The summed E-state index contributed by atoms with van der Waals surface area (Å²) in [4.78, 5) is 3.75. The fourth-order valence-corrected chi connectivity index (χ4v) is 4.91. The normalized spacial score (nSPS) is 27.1. The smallest absolute Gasteiger partial charge is 0.0580 e. The Hall–Kier alpha value is 0.1000. The summed E-state index contributed by atoms with van der Waals surface area (Å²) in [6.07, 6.45) is 5.91. The zero-order valence-electron chi connectivity index (χ0n) is 12.5. The monoisotopic (exact) mass is 359 g/mol. The molecule has 20 heavy (non-hydrogen) atoms. The van der Waals surface area contributed by atoms with Gasteiger partial charge in [0.05, 0.1) is 6.10 Å². The molecule has 3 atom stereocenters. The van der Waals surface area contributed by atoms with Crippen LogP contribution in [-0.2, 0) is 6.54 Å². The van der Waals surface area contributed by atoms with Crippen molar-refractivity contribution in [1.82, 2.24) is 4.90 Å². The first-order valence-corrected chi connectivity index (χ1v) is 9.35. The first-order chi connectivity index (χ1) is 9.58. The van der Waals surface area contributed by atoms with Crippen molar-refractivity contribution >= 4 is 27.3 Å². The molecular weight excluding hydrogens is 334 g/mol. The van der Waals surface area contributed by atoms with E-state index in [0.29, 0.717) is 5.92 Å². The maximum atomic E-state index is 10.2. The Balaban J connectivity index is 1.83. The Morgan fingerprint density at radius 3 is 2.90 bits per heavy atom. The summed E-state index contributed by atoms with van der Waals surface area (Å²) in [5, 5.41) is 12.4. The zero-order valence-corrected chi connectivity index (χ0v) is 14.9. The van der Waals surface area contributed by atoms with E-state index in [-0.39, 0.29) is 6.10 Å². The van der Waals surface area contributed by atoms with E-state index in [1.807, 2.05) is 0 Å². The third kappa shape index (κ3) is 4.83. The molecule has 0 amide bonds. The molecule has 0 aliphatic heterocycles. The van der Waals surface area contributed by atoms with Gasteiger partial charge in [0.25, 0.3) is 0 Å². The van der Waals surface area contributed by atoms with E-state index in [0.717, 1.165) is 25.4 Å². The summed E-state index contributed by atoms with van der Waals surface area (Å²) in [5.74, 6) is 1.28. The van der Waals surface area contributed by atoms with Crippen molar-refractivity contribution in [1.29, 1.82) is 0 Å². The van der Waals surface area contributed by atoms with Crippen molar-refractivity contribution in [2.75, 3.05) is 13.6 Å². The minimum absolute atomic E-state index is 0.0966. The fourth-order valence-electron chi connectivity index (χ4n) is 3.38. The number of halogens is 1. The largest absolute Gasteiger partial charge is 0.393 e. The third-order valence-corrected chi connectivity index (χ3v) is 6.02. The van der Waals surface area contributed by atoms with Crippen molar-refractivity contribution in [2.45, 2.75) is 51.7 Å². The highest BCUT2D eigenvalue weighted by Crippen LogP contribution is 2.33. The molecule has 1 fully saturated rings. The van der Waals surface area contributed by atoms with E-state index in [4.69, 9.17) is 0 Å². The minimum atomic E-state index is -0.0966. The summed E-state index contributed by atoms with van der Waals surface area (Å²) in [7, 11) is 2.17. The van der Waals surface area contributed by atoms with Gasteiger partial charge in [0.15, 0.2) is 0 Å². The maximum Gasteiger partial charge on any atom is 0.0580 e. The number of hydrogen-bond donors (Lipinski definition) is 1. The number of aliphatic hydroxyl groups excluding tert-OH is 1. The van der Waals surface area contributed by atoms with Crippen molar-refractivity contribution in [3.8, 4) is 0 Å². The van der Waals surface area contributed by atoms with E-state index in [9.17, 15) is 5.11 Å². The number of hydrogen-bond acceptors (Lipinski definition) is 3. The SMILES string of the molecule is CCCC1CCC(O)C(CN(C)Cc2cc(Br)cs2)C1. The molecule has 1 heterocycles. The third-order valence-electron chi connectivity index (χ3n) is 4.34. The Morgan fingerprint density at radius 1 is 1.45 bits per heavy atom. The molecule has 0 saturated heterocycles. The lowest BCUT2D eigenvalue weighted by Gasteiger charge is -2.35. The topological polar surface area (TPSA) is 23.5 Å². The average molecular weight is 360 g/mol. The molecule has 0 bridgehead atoms. The van der Waals surface area contributed by atoms with Crippen LogP contribution in [0.3, 0.4) is 0 Å². The van der Waals surface area contributed by atoms with Gasteiger partial charge in [-0.25, -0.2) is 0 Å². The summed E-state index contributed by atoms with van der Waals surface area (Å²) < 4.78 is 1.17. The highest BCUT2D eigenvalue weighted by molar-refractivity contribution is 9.10. The second-order valence-corrected chi connectivity index (χ2v) is 8.13. The first kappa shape index (κ1) is 16.5. The van der Waals surface area contributed by atoms with E-state index in [2.05, 4.69) is 46.2 Å². The summed E-state index contributed by atoms with van der Waals surface area (Å²) >= 11 is 5.31. The van der Waals surface area contributed by atoms with Crippen LogP contribution in [0.1, 0.15) is 43.9 Å². The maximum absolute atomic E-state index is 10.2. The lowest BCUT2D eigenvalue weighted by atomic mass is 9.77. The average Bonchev–Trinajstić information content (AvgIpc) is 2.79. The summed E-state index contributed by atoms with van der Waals surface area (Å²) in [6.45, 7) is 4.26. The number of aliphatic hydroxyl groups is 1. The lowest BCUT2D eigenvalue weighted by molar-refractivity contribution is 0.0289. The summed E-state index contributed by atoms with van der Waals surface area (Å²) in [5.41, 5.74) is 0. The van der Waals surface area contributed by atoms with Gasteiger partial charge < -0.3 is 10.0 Å². The van der Waals surface area contributed by atoms with Crippen LogP contribution < -0.4 is 0 Å². The Morgan fingerprint density at radius 2 is 2.25 bits per heavy atom. The fraction of sp³-hybridized carbons (Fsp3) is 0.750. The molecule has 1 aliphatic carbocycles. The van der Waals surface area contributed by atoms with Gasteiger partial charge in [-0.05, 0) is 60.1 Å². The van der Waals surface area contributed by atoms with Gasteiger partial charge in [-0.15, -0.1) is 11.3 Å². The molecule has 1 N–H and O–H groups in total. The van der Waals surface area contributed by atoms with Crippen LogP contribution in [0, 0.1) is 11.8 Å². The van der Waals surface area contributed by atoms with Gasteiger partial charge in [0.2, 0.25) is 0 Å². The first-order valence-electron chi connectivity index (χ1n) is 7.68. The van der Waals surface area contributed by atoms with Gasteiger partial charge in [-0.1, -0.05) is 19.8 Å². The van der Waals surface area contributed by atoms with Crippen LogP contribution in [0.15, 0.2) is 15.9 Å². The van der Waals surface area contributed by atoms with Crippen LogP contribution in [0.4, 0.5) is 0 Å². The van der Waals surface area contributed by atoms with Gasteiger partial charge in [0, 0.05) is 27.8 Å². The Bertz CT molecular complexity index is 409. The molecule has 1 aromatic heterocycles. The van der Waals surface area contributed by atoms with Gasteiger partial charge >= 0.3 is 0 Å². The molecule has 1 aliphatic rings. The van der Waals surface area contributed by atoms with E-state index in [1.165, 1.54) is 35.0 Å².